The van der Waals surface area contributed by atoms with Gasteiger partial charge in [-0.2, -0.15) is 4.98 Å². The number of anilines is 2. The van der Waals surface area contributed by atoms with Crippen molar-refractivity contribution in [2.75, 3.05) is 37.3 Å². The number of hydrogen-bond acceptors (Lipinski definition) is 5. The van der Waals surface area contributed by atoms with E-state index in [1.54, 1.807) is 23.8 Å². The first-order chi connectivity index (χ1) is 13.6. The molecule has 2 atom stereocenters. The maximum Gasteiger partial charge on any atom is 0.243 e. The Morgan fingerprint density at radius 3 is 2.61 bits per heavy atom. The Hall–Kier alpha value is -1.60. The van der Waals surface area contributed by atoms with Crippen molar-refractivity contribution in [2.24, 2.45) is 0 Å². The number of fused-ring (bicyclic) bond motifs is 1. The molecule has 1 aliphatic heterocycles. The van der Waals surface area contributed by atoms with Gasteiger partial charge in [-0.05, 0) is 25.5 Å². The maximum absolute atomic E-state index is 14.5. The number of unbranched alkanes of at least 4 members (excludes halogenated alkanes) is 1. The Morgan fingerprint density at radius 2 is 2.00 bits per heavy atom. The Balaban J connectivity index is 0.000000921. The minimum Gasteiger partial charge on any atom is -0.371 e. The average molecular weight is 415 g/mol. The summed E-state index contributed by atoms with van der Waals surface area (Å²) in [7, 11) is 1.78. The van der Waals surface area contributed by atoms with Crippen molar-refractivity contribution in [2.45, 2.75) is 66.1 Å². The third-order valence-corrected chi connectivity index (χ3v) is 4.77. The fraction of sp³-hybridized carbons (Fsp3) is 0.700. The number of rotatable bonds is 6. The quantitative estimate of drug-likeness (QED) is 0.688. The van der Waals surface area contributed by atoms with Crippen LogP contribution in [0.1, 0.15) is 53.9 Å². The topological polar surface area (TPSA) is 57.5 Å². The summed E-state index contributed by atoms with van der Waals surface area (Å²) < 4.78 is 16.2. The van der Waals surface area contributed by atoms with Gasteiger partial charge in [0.05, 0.1) is 11.1 Å². The zero-order valence-corrected chi connectivity index (χ0v) is 18.9. The highest BCUT2D eigenvalue weighted by atomic mass is 35.5. The smallest absolute Gasteiger partial charge is 0.243 e. The monoisotopic (exact) mass is 414 g/mol. The predicted octanol–water partition coefficient (Wildman–Crippen LogP) is 5.10. The lowest BCUT2D eigenvalue weighted by Gasteiger charge is -2.35. The number of aromatic nitrogens is 3. The predicted molar refractivity (Wildman–Crippen MR) is 119 cm³/mol. The molecule has 0 aromatic carbocycles. The van der Waals surface area contributed by atoms with Crippen molar-refractivity contribution in [3.63, 3.8) is 0 Å². The number of likely N-dealkylation sites (tertiary alicyclic amines) is 1. The van der Waals surface area contributed by atoms with Gasteiger partial charge in [0.1, 0.15) is 11.7 Å². The summed E-state index contributed by atoms with van der Waals surface area (Å²) >= 11 is 6.15. The van der Waals surface area contributed by atoms with E-state index in [4.69, 9.17) is 11.6 Å². The molecular weight excluding hydrogens is 379 g/mol. The second kappa shape index (κ2) is 12.8. The van der Waals surface area contributed by atoms with Crippen molar-refractivity contribution in [3.05, 3.63) is 17.3 Å². The van der Waals surface area contributed by atoms with Crippen molar-refractivity contribution in [3.8, 4) is 0 Å². The fourth-order valence-corrected chi connectivity index (χ4v) is 3.34. The Labute approximate surface area is 173 Å². The molecular formula is C20H36ClFN6. The van der Waals surface area contributed by atoms with Crippen molar-refractivity contribution < 1.29 is 4.39 Å². The standard InChI is InChI=1S/C16H24ClFN6.2C2H6/c1-3-4-7-23-8-6-13(12(18)10-23)20-16-21-15(19-2)14-11(17)5-9-24(14)22-16;2*1-2/h5,9,12-13H,3-4,6-8,10H2,1-2H3,(H2,19,20,21,22);2*1-2H3. The average Bonchev–Trinajstić information content (AvgIpc) is 3.11. The molecule has 160 valence electrons. The molecule has 0 radical (unpaired) electrons. The van der Waals surface area contributed by atoms with Crippen LogP contribution in [0.2, 0.25) is 5.02 Å². The zero-order valence-electron chi connectivity index (χ0n) is 18.1. The lowest BCUT2D eigenvalue weighted by Crippen LogP contribution is -2.48. The summed E-state index contributed by atoms with van der Waals surface area (Å²) in [4.78, 5) is 6.63. The third kappa shape index (κ3) is 6.21. The van der Waals surface area contributed by atoms with Crippen LogP contribution in [0.5, 0.6) is 0 Å². The van der Waals surface area contributed by atoms with E-state index in [9.17, 15) is 4.39 Å². The van der Waals surface area contributed by atoms with Crippen molar-refractivity contribution in [1.29, 1.82) is 0 Å². The van der Waals surface area contributed by atoms with Gasteiger partial charge in [0, 0.05) is 26.3 Å². The van der Waals surface area contributed by atoms with Gasteiger partial charge in [0.25, 0.3) is 0 Å². The van der Waals surface area contributed by atoms with E-state index < -0.39 is 6.17 Å². The molecule has 0 bridgehead atoms. The molecule has 0 saturated carbocycles. The molecule has 3 heterocycles. The van der Waals surface area contributed by atoms with Crippen LogP contribution >= 0.6 is 11.6 Å². The molecule has 1 aliphatic rings. The summed E-state index contributed by atoms with van der Waals surface area (Å²) in [5.74, 6) is 1.03. The second-order valence-electron chi connectivity index (χ2n) is 6.20. The molecule has 28 heavy (non-hydrogen) atoms. The Morgan fingerprint density at radius 1 is 1.29 bits per heavy atom. The highest BCUT2D eigenvalue weighted by Crippen LogP contribution is 2.25. The summed E-state index contributed by atoms with van der Waals surface area (Å²) in [6.45, 7) is 12.5. The largest absolute Gasteiger partial charge is 0.371 e. The molecule has 2 unspecified atom stereocenters. The van der Waals surface area contributed by atoms with Gasteiger partial charge in [-0.1, -0.05) is 52.6 Å². The third-order valence-electron chi connectivity index (χ3n) is 4.47. The maximum atomic E-state index is 14.5. The first-order valence-corrected chi connectivity index (χ1v) is 10.9. The van der Waals surface area contributed by atoms with Crippen LogP contribution in [0.15, 0.2) is 12.3 Å². The normalized spacial score (nSPS) is 19.3. The van der Waals surface area contributed by atoms with E-state index >= 15 is 0 Å². The van der Waals surface area contributed by atoms with E-state index in [2.05, 4.69) is 32.5 Å². The van der Waals surface area contributed by atoms with Gasteiger partial charge in [0.15, 0.2) is 5.82 Å². The van der Waals surface area contributed by atoms with Crippen molar-refractivity contribution >= 4 is 28.9 Å². The van der Waals surface area contributed by atoms with Crippen LogP contribution in [-0.4, -0.2) is 58.4 Å². The molecule has 0 amide bonds. The number of piperidine rings is 1. The summed E-state index contributed by atoms with van der Waals surface area (Å²) in [5, 5.41) is 11.1. The summed E-state index contributed by atoms with van der Waals surface area (Å²) in [5.41, 5.74) is 0.718. The molecule has 8 heteroatoms. The number of hydrogen-bond donors (Lipinski definition) is 2. The number of alkyl halides is 1. The van der Waals surface area contributed by atoms with Crippen LogP contribution in [0.4, 0.5) is 16.2 Å². The number of nitrogens with one attached hydrogen (secondary N) is 2. The molecule has 2 aromatic heterocycles. The van der Waals surface area contributed by atoms with E-state index in [-0.39, 0.29) is 6.04 Å². The zero-order chi connectivity index (χ0) is 21.1. The van der Waals surface area contributed by atoms with Crippen LogP contribution in [0.25, 0.3) is 5.52 Å². The Kier molecular flexibility index (Phi) is 11.2. The van der Waals surface area contributed by atoms with Crippen LogP contribution < -0.4 is 10.6 Å². The van der Waals surface area contributed by atoms with E-state index in [1.165, 1.54) is 0 Å². The van der Waals surface area contributed by atoms with E-state index in [0.717, 1.165) is 37.9 Å². The van der Waals surface area contributed by atoms with Gasteiger partial charge in [-0.3, -0.25) is 0 Å². The fourth-order valence-electron chi connectivity index (χ4n) is 3.10. The van der Waals surface area contributed by atoms with Crippen LogP contribution in [0, 0.1) is 0 Å². The lowest BCUT2D eigenvalue weighted by molar-refractivity contribution is 0.125. The SMILES string of the molecule is CC.CC.CCCCN1CCC(Nc2nc(NC)c3c(Cl)ccn3n2)C(F)C1. The van der Waals surface area contributed by atoms with Gasteiger partial charge < -0.3 is 15.5 Å². The number of nitrogens with zero attached hydrogens (tertiary/aromatic N) is 4. The molecule has 0 spiro atoms. The molecule has 2 aromatic rings. The molecule has 1 saturated heterocycles. The van der Waals surface area contributed by atoms with Gasteiger partial charge in [-0.25, -0.2) is 8.91 Å². The second-order valence-corrected chi connectivity index (χ2v) is 6.61. The van der Waals surface area contributed by atoms with Gasteiger partial charge in [0.2, 0.25) is 5.95 Å². The number of halogens is 2. The lowest BCUT2D eigenvalue weighted by atomic mass is 10.0. The van der Waals surface area contributed by atoms with E-state index in [1.807, 2.05) is 27.7 Å². The molecule has 1 fully saturated rings. The van der Waals surface area contributed by atoms with E-state index in [0.29, 0.717) is 23.3 Å². The van der Waals surface area contributed by atoms with Gasteiger partial charge in [-0.15, -0.1) is 5.10 Å². The minimum absolute atomic E-state index is 0.268. The first kappa shape index (κ1) is 24.4. The summed E-state index contributed by atoms with van der Waals surface area (Å²) in [6, 6.07) is 1.50. The molecule has 3 rings (SSSR count). The molecule has 0 aliphatic carbocycles. The highest BCUT2D eigenvalue weighted by Gasteiger charge is 2.29. The first-order valence-electron chi connectivity index (χ1n) is 10.5. The Bertz CT molecular complexity index is 693. The van der Waals surface area contributed by atoms with Crippen molar-refractivity contribution in [1.82, 2.24) is 19.5 Å². The molecule has 6 nitrogen and oxygen atoms in total. The minimum atomic E-state index is -0.929. The highest BCUT2D eigenvalue weighted by molar-refractivity contribution is 6.34. The van der Waals surface area contributed by atoms with Crippen LogP contribution in [0.3, 0.4) is 0 Å². The molecule has 2 N–H and O–H groups in total. The van der Waals surface area contributed by atoms with Crippen LogP contribution in [-0.2, 0) is 0 Å². The van der Waals surface area contributed by atoms with Gasteiger partial charge >= 0.3 is 0 Å². The summed E-state index contributed by atoms with van der Waals surface area (Å²) in [6.07, 6.45) is 3.83.